The Bertz CT molecular complexity index is 622. The summed E-state index contributed by atoms with van der Waals surface area (Å²) in [6.07, 6.45) is 6.43. The summed E-state index contributed by atoms with van der Waals surface area (Å²) in [5.41, 5.74) is 0.389. The first-order chi connectivity index (χ1) is 12.6. The van der Waals surface area contributed by atoms with Crippen molar-refractivity contribution in [1.82, 2.24) is 4.90 Å². The molecule has 1 aromatic rings. The standard InChI is InChI=1S/C19H26N2O5/c22-18(13-16-5-1-2-12-21(16)24)26-17-8-6-15(7-9-17)14-25-19(23)20-10-3-4-11-20/h1-2,5,12,15,17H,3-4,6-11,13-14H2. The van der Waals surface area contributed by atoms with Crippen LogP contribution in [0.2, 0.25) is 0 Å². The highest BCUT2D eigenvalue weighted by atomic mass is 16.6. The fourth-order valence-corrected chi connectivity index (χ4v) is 3.57. The van der Waals surface area contributed by atoms with Gasteiger partial charge in [0, 0.05) is 25.2 Å². The van der Waals surface area contributed by atoms with Crippen molar-refractivity contribution in [2.45, 2.75) is 51.0 Å². The number of amides is 1. The molecule has 0 atom stereocenters. The lowest BCUT2D eigenvalue weighted by Crippen LogP contribution is -2.34. The number of nitrogens with zero attached hydrogens (tertiary/aromatic N) is 2. The van der Waals surface area contributed by atoms with E-state index in [4.69, 9.17) is 9.47 Å². The Balaban J connectivity index is 1.35. The maximum Gasteiger partial charge on any atom is 0.409 e. The number of hydrogen-bond donors (Lipinski definition) is 0. The van der Waals surface area contributed by atoms with Crippen LogP contribution in [0, 0.1) is 11.1 Å². The summed E-state index contributed by atoms with van der Waals surface area (Å²) in [6.45, 7) is 2.04. The van der Waals surface area contributed by atoms with Crippen molar-refractivity contribution >= 4 is 12.1 Å². The molecule has 1 aliphatic carbocycles. The lowest BCUT2D eigenvalue weighted by atomic mass is 9.88. The number of pyridine rings is 1. The molecule has 0 bridgehead atoms. The number of carbonyl (C=O) groups is 2. The molecule has 2 aliphatic rings. The van der Waals surface area contributed by atoms with Gasteiger partial charge in [0.25, 0.3) is 0 Å². The molecule has 2 heterocycles. The van der Waals surface area contributed by atoms with Gasteiger partial charge in [-0.3, -0.25) is 4.79 Å². The maximum absolute atomic E-state index is 12.0. The fraction of sp³-hybridized carbons (Fsp3) is 0.632. The van der Waals surface area contributed by atoms with Crippen LogP contribution >= 0.6 is 0 Å². The molecular weight excluding hydrogens is 336 g/mol. The first-order valence-electron chi connectivity index (χ1n) is 9.40. The van der Waals surface area contributed by atoms with Crippen LogP contribution in [0.15, 0.2) is 24.4 Å². The predicted molar refractivity (Wildman–Crippen MR) is 93.1 cm³/mol. The molecule has 3 rings (SSSR count). The molecule has 7 nitrogen and oxygen atoms in total. The van der Waals surface area contributed by atoms with Gasteiger partial charge in [-0.15, -0.1) is 0 Å². The van der Waals surface area contributed by atoms with Crippen molar-refractivity contribution in [2.75, 3.05) is 19.7 Å². The second-order valence-corrected chi connectivity index (χ2v) is 7.10. The van der Waals surface area contributed by atoms with E-state index in [0.717, 1.165) is 51.6 Å². The fourth-order valence-electron chi connectivity index (χ4n) is 3.57. The zero-order valence-corrected chi connectivity index (χ0v) is 15.0. The van der Waals surface area contributed by atoms with Gasteiger partial charge in [-0.2, -0.15) is 4.73 Å². The number of likely N-dealkylation sites (tertiary alicyclic amines) is 1. The third-order valence-electron chi connectivity index (χ3n) is 5.13. The quantitative estimate of drug-likeness (QED) is 0.456. The Morgan fingerprint density at radius 3 is 2.58 bits per heavy atom. The van der Waals surface area contributed by atoms with Crippen molar-refractivity contribution < 1.29 is 23.8 Å². The minimum Gasteiger partial charge on any atom is -0.618 e. The third kappa shape index (κ3) is 5.09. The molecule has 142 valence electrons. The van der Waals surface area contributed by atoms with Gasteiger partial charge in [0.15, 0.2) is 6.20 Å². The van der Waals surface area contributed by atoms with Crippen molar-refractivity contribution in [2.24, 2.45) is 5.92 Å². The lowest BCUT2D eigenvalue weighted by molar-refractivity contribution is -0.613. The number of aromatic nitrogens is 1. The highest BCUT2D eigenvalue weighted by Crippen LogP contribution is 2.27. The van der Waals surface area contributed by atoms with Crippen LogP contribution in [0.1, 0.15) is 44.2 Å². The first-order valence-corrected chi connectivity index (χ1v) is 9.40. The van der Waals surface area contributed by atoms with Gasteiger partial charge in [-0.25, -0.2) is 4.79 Å². The van der Waals surface area contributed by atoms with Gasteiger partial charge in [0.05, 0.1) is 6.61 Å². The smallest absolute Gasteiger partial charge is 0.409 e. The average Bonchev–Trinajstić information content (AvgIpc) is 3.18. The second kappa shape index (κ2) is 8.87. The molecular formula is C19H26N2O5. The van der Waals surface area contributed by atoms with E-state index in [1.165, 1.54) is 6.20 Å². The summed E-state index contributed by atoms with van der Waals surface area (Å²) in [5, 5.41) is 11.6. The Morgan fingerprint density at radius 2 is 1.88 bits per heavy atom. The zero-order valence-electron chi connectivity index (χ0n) is 15.0. The Labute approximate surface area is 153 Å². The molecule has 0 radical (unpaired) electrons. The van der Waals surface area contributed by atoms with Crippen LogP contribution < -0.4 is 4.73 Å². The number of ether oxygens (including phenoxy) is 2. The van der Waals surface area contributed by atoms with E-state index < -0.39 is 0 Å². The van der Waals surface area contributed by atoms with Crippen molar-refractivity contribution in [3.63, 3.8) is 0 Å². The minimum absolute atomic E-state index is 0.0162. The van der Waals surface area contributed by atoms with Crippen molar-refractivity contribution in [1.29, 1.82) is 0 Å². The zero-order chi connectivity index (χ0) is 18.4. The van der Waals surface area contributed by atoms with Crippen LogP contribution in [0.4, 0.5) is 4.79 Å². The van der Waals surface area contributed by atoms with Crippen LogP contribution in [0.5, 0.6) is 0 Å². The average molecular weight is 362 g/mol. The number of hydrogen-bond acceptors (Lipinski definition) is 5. The predicted octanol–water partition coefficient (Wildman–Crippen LogP) is 2.20. The number of rotatable bonds is 5. The molecule has 2 fully saturated rings. The minimum atomic E-state index is -0.371. The monoisotopic (exact) mass is 362 g/mol. The van der Waals surface area contributed by atoms with E-state index in [9.17, 15) is 14.8 Å². The summed E-state index contributed by atoms with van der Waals surface area (Å²) in [4.78, 5) is 25.7. The molecule has 1 saturated carbocycles. The Hall–Kier alpha value is -2.31. The first kappa shape index (κ1) is 18.5. The highest BCUT2D eigenvalue weighted by Gasteiger charge is 2.27. The van der Waals surface area contributed by atoms with E-state index in [0.29, 0.717) is 22.9 Å². The molecule has 7 heteroatoms. The highest BCUT2D eigenvalue weighted by molar-refractivity contribution is 5.71. The van der Waals surface area contributed by atoms with Crippen molar-refractivity contribution in [3.05, 3.63) is 35.3 Å². The molecule has 1 aliphatic heterocycles. The molecule has 0 N–H and O–H groups in total. The second-order valence-electron chi connectivity index (χ2n) is 7.10. The Morgan fingerprint density at radius 1 is 1.15 bits per heavy atom. The molecule has 26 heavy (non-hydrogen) atoms. The van der Waals surface area contributed by atoms with Crippen LogP contribution in [-0.4, -0.2) is 42.8 Å². The van der Waals surface area contributed by atoms with E-state index >= 15 is 0 Å². The number of esters is 1. The molecule has 0 spiro atoms. The van der Waals surface area contributed by atoms with E-state index in [-0.39, 0.29) is 24.6 Å². The summed E-state index contributed by atoms with van der Waals surface area (Å²) in [6, 6.07) is 4.98. The SMILES string of the molecule is O=C(Cc1cccc[n+]1[O-])OC1CCC(COC(=O)N2CCCC2)CC1. The van der Waals surface area contributed by atoms with Gasteiger partial charge in [-0.05, 0) is 50.5 Å². The lowest BCUT2D eigenvalue weighted by Gasteiger charge is -2.28. The van der Waals surface area contributed by atoms with E-state index in [2.05, 4.69) is 0 Å². The van der Waals surface area contributed by atoms with Crippen molar-refractivity contribution in [3.8, 4) is 0 Å². The largest absolute Gasteiger partial charge is 0.618 e. The third-order valence-corrected chi connectivity index (χ3v) is 5.13. The summed E-state index contributed by atoms with van der Waals surface area (Å²) >= 11 is 0. The molecule has 1 aromatic heterocycles. The van der Waals surface area contributed by atoms with Gasteiger partial charge in [0.2, 0.25) is 5.69 Å². The summed E-state index contributed by atoms with van der Waals surface area (Å²) in [5.74, 6) is -0.0425. The van der Waals surface area contributed by atoms with Crippen LogP contribution in [0.3, 0.4) is 0 Å². The molecule has 1 saturated heterocycles. The molecule has 0 unspecified atom stereocenters. The maximum atomic E-state index is 12.0. The Kier molecular flexibility index (Phi) is 6.30. The molecule has 1 amide bonds. The van der Waals surface area contributed by atoms with Gasteiger partial charge < -0.3 is 19.6 Å². The summed E-state index contributed by atoms with van der Waals surface area (Å²) in [7, 11) is 0. The topological polar surface area (TPSA) is 82.8 Å². The van der Waals surface area contributed by atoms with Gasteiger partial charge in [0.1, 0.15) is 12.5 Å². The molecule has 0 aromatic carbocycles. The summed E-state index contributed by atoms with van der Waals surface area (Å²) < 4.78 is 11.6. The van der Waals surface area contributed by atoms with E-state index in [1.807, 2.05) is 0 Å². The van der Waals surface area contributed by atoms with Gasteiger partial charge >= 0.3 is 12.1 Å². The van der Waals surface area contributed by atoms with Gasteiger partial charge in [-0.1, -0.05) is 0 Å². The van der Waals surface area contributed by atoms with Crippen LogP contribution in [-0.2, 0) is 20.7 Å². The number of carbonyl (C=O) groups excluding carboxylic acids is 2. The van der Waals surface area contributed by atoms with E-state index in [1.54, 1.807) is 23.1 Å². The normalized spacial score (nSPS) is 22.8. The van der Waals surface area contributed by atoms with Crippen LogP contribution in [0.25, 0.3) is 0 Å².